The topological polar surface area (TPSA) is 51.2 Å². The Balaban J connectivity index is 1.65. The molecule has 120 valence electrons. The third kappa shape index (κ3) is 3.09. The summed E-state index contributed by atoms with van der Waals surface area (Å²) in [5, 5.41) is 2.77. The number of alkyl carbamates (subject to hydrolysis) is 1. The van der Waals surface area contributed by atoms with Crippen LogP contribution in [0.2, 0.25) is 0 Å². The lowest BCUT2D eigenvalue weighted by Gasteiger charge is -2.17. The van der Waals surface area contributed by atoms with Gasteiger partial charge >= 0.3 is 6.09 Å². The van der Waals surface area contributed by atoms with Crippen LogP contribution in [0, 0.1) is 23.6 Å². The van der Waals surface area contributed by atoms with E-state index < -0.39 is 18.2 Å². The zero-order valence-electron chi connectivity index (χ0n) is 12.8. The number of carbonyl (C=O) groups excluding carboxylic acids is 1. The summed E-state index contributed by atoms with van der Waals surface area (Å²) in [5.74, 6) is 6.45. The van der Waals surface area contributed by atoms with Gasteiger partial charge in [-0.3, -0.25) is 4.98 Å². The fourth-order valence-electron chi connectivity index (χ4n) is 2.73. The third-order valence-electron chi connectivity index (χ3n) is 4.10. The number of rotatable bonds is 2. The van der Waals surface area contributed by atoms with Crippen molar-refractivity contribution < 1.29 is 13.9 Å². The molecule has 0 radical (unpaired) electrons. The van der Waals surface area contributed by atoms with Crippen molar-refractivity contribution in [1.82, 2.24) is 10.3 Å². The Morgan fingerprint density at radius 3 is 2.88 bits per heavy atom. The van der Waals surface area contributed by atoms with Gasteiger partial charge < -0.3 is 10.1 Å². The van der Waals surface area contributed by atoms with Crippen LogP contribution in [0.4, 0.5) is 9.18 Å². The van der Waals surface area contributed by atoms with Crippen LogP contribution in [0.1, 0.15) is 41.7 Å². The molecule has 2 aromatic rings. The summed E-state index contributed by atoms with van der Waals surface area (Å²) in [6.07, 6.45) is 4.58. The van der Waals surface area contributed by atoms with Gasteiger partial charge in [0.25, 0.3) is 0 Å². The number of carbonyl (C=O) groups is 1. The van der Waals surface area contributed by atoms with Gasteiger partial charge in [-0.05, 0) is 42.2 Å². The minimum Gasteiger partial charge on any atom is -0.439 e. The Kier molecular flexibility index (Phi) is 3.66. The van der Waals surface area contributed by atoms with Crippen molar-refractivity contribution in [1.29, 1.82) is 0 Å². The second-order valence-corrected chi connectivity index (χ2v) is 6.05. The van der Waals surface area contributed by atoms with E-state index in [1.54, 1.807) is 24.5 Å². The first-order chi connectivity index (χ1) is 11.7. The minimum atomic E-state index is -0.596. The first kappa shape index (κ1) is 14.7. The molecule has 1 saturated heterocycles. The molecule has 1 aliphatic carbocycles. The standard InChI is InChI=1S/C19H15FN2O2/c20-16-3-1-2-14(9-16)18-17(22-19(23)24-18)15-8-13(10-21-11-15)7-6-12-4-5-12/h1-3,8-12,17-18H,4-5H2,(H,22,23)/t17-,18-/m1/s1. The molecule has 4 nitrogen and oxygen atoms in total. The van der Waals surface area contributed by atoms with E-state index in [1.807, 2.05) is 6.07 Å². The lowest BCUT2D eigenvalue weighted by Crippen LogP contribution is -2.19. The smallest absolute Gasteiger partial charge is 0.408 e. The van der Waals surface area contributed by atoms with Gasteiger partial charge in [0.15, 0.2) is 6.10 Å². The summed E-state index contributed by atoms with van der Waals surface area (Å²) in [4.78, 5) is 15.9. The summed E-state index contributed by atoms with van der Waals surface area (Å²) in [6, 6.07) is 7.55. The number of ether oxygens (including phenoxy) is 1. The molecule has 0 unspecified atom stereocenters. The molecule has 1 saturated carbocycles. The van der Waals surface area contributed by atoms with Crippen molar-refractivity contribution >= 4 is 6.09 Å². The van der Waals surface area contributed by atoms with Gasteiger partial charge in [-0.1, -0.05) is 24.0 Å². The van der Waals surface area contributed by atoms with Crippen LogP contribution in [0.15, 0.2) is 42.7 Å². The van der Waals surface area contributed by atoms with Crippen LogP contribution >= 0.6 is 0 Å². The number of halogens is 1. The first-order valence-corrected chi connectivity index (χ1v) is 7.88. The molecule has 1 N–H and O–H groups in total. The minimum absolute atomic E-state index is 0.364. The maximum absolute atomic E-state index is 13.5. The van der Waals surface area contributed by atoms with E-state index in [2.05, 4.69) is 22.1 Å². The van der Waals surface area contributed by atoms with Crippen LogP contribution in [0.5, 0.6) is 0 Å². The summed E-state index contributed by atoms with van der Waals surface area (Å²) in [5.41, 5.74) is 2.20. The maximum atomic E-state index is 13.5. The van der Waals surface area contributed by atoms with E-state index in [0.29, 0.717) is 11.5 Å². The SMILES string of the molecule is O=C1N[C@H](c2cncc(C#CC3CC3)c2)[C@@H](c2cccc(F)c2)O1. The fraction of sp³-hybridized carbons (Fsp3) is 0.263. The van der Waals surface area contributed by atoms with Crippen LogP contribution < -0.4 is 5.32 Å². The predicted octanol–water partition coefficient (Wildman–Crippen LogP) is 3.50. The van der Waals surface area contributed by atoms with E-state index in [1.165, 1.54) is 12.1 Å². The molecule has 1 amide bonds. The molecule has 1 aliphatic heterocycles. The number of nitrogens with zero attached hydrogens (tertiary/aromatic N) is 1. The van der Waals surface area contributed by atoms with Crippen molar-refractivity contribution in [3.8, 4) is 11.8 Å². The van der Waals surface area contributed by atoms with Gasteiger partial charge in [-0.2, -0.15) is 0 Å². The van der Waals surface area contributed by atoms with Crippen molar-refractivity contribution in [2.24, 2.45) is 5.92 Å². The zero-order valence-corrected chi connectivity index (χ0v) is 12.8. The molecule has 24 heavy (non-hydrogen) atoms. The first-order valence-electron chi connectivity index (χ1n) is 7.88. The van der Waals surface area contributed by atoms with E-state index in [4.69, 9.17) is 4.74 Å². The van der Waals surface area contributed by atoms with Gasteiger partial charge in [-0.15, -0.1) is 0 Å². The molecule has 2 fully saturated rings. The maximum Gasteiger partial charge on any atom is 0.408 e. The van der Waals surface area contributed by atoms with E-state index in [0.717, 1.165) is 24.0 Å². The number of pyridine rings is 1. The molecular weight excluding hydrogens is 307 g/mol. The molecule has 4 rings (SSSR count). The van der Waals surface area contributed by atoms with E-state index in [9.17, 15) is 9.18 Å². The highest BCUT2D eigenvalue weighted by molar-refractivity contribution is 5.71. The summed E-state index contributed by atoms with van der Waals surface area (Å²) in [6.45, 7) is 0. The molecule has 2 atom stereocenters. The van der Waals surface area contributed by atoms with Crippen molar-refractivity contribution in [2.75, 3.05) is 0 Å². The number of aromatic nitrogens is 1. The number of benzene rings is 1. The van der Waals surface area contributed by atoms with E-state index >= 15 is 0 Å². The van der Waals surface area contributed by atoms with Crippen molar-refractivity contribution in [3.05, 3.63) is 65.2 Å². The number of hydrogen-bond acceptors (Lipinski definition) is 3. The van der Waals surface area contributed by atoms with Crippen molar-refractivity contribution in [3.63, 3.8) is 0 Å². The largest absolute Gasteiger partial charge is 0.439 e. The van der Waals surface area contributed by atoms with Gasteiger partial charge in [0.05, 0.1) is 0 Å². The molecule has 2 heterocycles. The average Bonchev–Trinajstić information content (AvgIpc) is 3.33. The van der Waals surface area contributed by atoms with Gasteiger partial charge in [0.1, 0.15) is 11.9 Å². The molecule has 5 heteroatoms. The molecule has 1 aromatic heterocycles. The molecule has 0 spiro atoms. The zero-order chi connectivity index (χ0) is 16.5. The van der Waals surface area contributed by atoms with Gasteiger partial charge in [0, 0.05) is 23.9 Å². The fourth-order valence-corrected chi connectivity index (χ4v) is 2.73. The predicted molar refractivity (Wildman–Crippen MR) is 85.3 cm³/mol. The summed E-state index contributed by atoms with van der Waals surface area (Å²) >= 11 is 0. The van der Waals surface area contributed by atoms with Crippen LogP contribution in [0.25, 0.3) is 0 Å². The number of cyclic esters (lactones) is 1. The quantitative estimate of drug-likeness (QED) is 0.861. The Bertz CT molecular complexity index is 852. The van der Waals surface area contributed by atoms with Gasteiger partial charge in [-0.25, -0.2) is 9.18 Å². The Morgan fingerprint density at radius 1 is 1.21 bits per heavy atom. The normalized spacial score (nSPS) is 22.3. The second kappa shape index (κ2) is 5.97. The van der Waals surface area contributed by atoms with E-state index in [-0.39, 0.29) is 5.82 Å². The summed E-state index contributed by atoms with van der Waals surface area (Å²) in [7, 11) is 0. The summed E-state index contributed by atoms with van der Waals surface area (Å²) < 4.78 is 18.8. The number of hydrogen-bond donors (Lipinski definition) is 1. The monoisotopic (exact) mass is 322 g/mol. The molecule has 2 aliphatic rings. The molecule has 0 bridgehead atoms. The van der Waals surface area contributed by atoms with Gasteiger partial charge in [0.2, 0.25) is 0 Å². The van der Waals surface area contributed by atoms with Crippen LogP contribution in [0.3, 0.4) is 0 Å². The number of amides is 1. The highest BCUT2D eigenvalue weighted by Crippen LogP contribution is 2.36. The highest BCUT2D eigenvalue weighted by atomic mass is 19.1. The molecular formula is C19H15FN2O2. The van der Waals surface area contributed by atoms with Crippen LogP contribution in [-0.4, -0.2) is 11.1 Å². The Morgan fingerprint density at radius 2 is 2.08 bits per heavy atom. The van der Waals surface area contributed by atoms with Crippen LogP contribution in [-0.2, 0) is 4.74 Å². The second-order valence-electron chi connectivity index (χ2n) is 6.05. The molecule has 1 aromatic carbocycles. The highest BCUT2D eigenvalue weighted by Gasteiger charge is 2.36. The lowest BCUT2D eigenvalue weighted by atomic mass is 9.97. The Labute approximate surface area is 139 Å². The number of nitrogens with one attached hydrogen (secondary N) is 1. The average molecular weight is 322 g/mol. The van der Waals surface area contributed by atoms with Crippen molar-refractivity contribution in [2.45, 2.75) is 25.0 Å². The lowest BCUT2D eigenvalue weighted by molar-refractivity contribution is 0.132. The Hall–Kier alpha value is -2.87. The third-order valence-corrected chi connectivity index (χ3v) is 4.10.